The number of carboxylic acid groups (broad SMARTS) is 1. The molecular formula is C19H24N4O5. The van der Waals surface area contributed by atoms with Crippen molar-refractivity contribution in [2.75, 3.05) is 13.1 Å². The van der Waals surface area contributed by atoms with Crippen LogP contribution in [0.25, 0.3) is 10.9 Å². The summed E-state index contributed by atoms with van der Waals surface area (Å²) in [5.74, 6) is -2.13. The quantitative estimate of drug-likeness (QED) is 0.283. The fourth-order valence-electron chi connectivity index (χ4n) is 3.09. The van der Waals surface area contributed by atoms with E-state index in [4.69, 9.17) is 15.6 Å². The smallest absolute Gasteiger partial charge is 0.336 e. The minimum atomic E-state index is -1.19. The zero-order valence-electron chi connectivity index (χ0n) is 15.3. The Balaban J connectivity index is 1.69. The fourth-order valence-corrected chi connectivity index (χ4v) is 3.09. The molecule has 9 nitrogen and oxygen atoms in total. The van der Waals surface area contributed by atoms with E-state index in [0.29, 0.717) is 13.1 Å². The number of hydrogen-bond donors (Lipinski definition) is 5. The molecule has 1 saturated heterocycles. The highest BCUT2D eigenvalue weighted by atomic mass is 16.6. The molecule has 3 rings (SSSR count). The van der Waals surface area contributed by atoms with Crippen molar-refractivity contribution in [2.45, 2.75) is 37.5 Å². The van der Waals surface area contributed by atoms with Crippen molar-refractivity contribution in [3.05, 3.63) is 36.0 Å². The number of carbonyl (C=O) groups excluding carboxylic acids is 2. The summed E-state index contributed by atoms with van der Waals surface area (Å²) in [5.41, 5.74) is 7.27. The van der Waals surface area contributed by atoms with E-state index in [2.05, 4.69) is 15.6 Å². The predicted molar refractivity (Wildman–Crippen MR) is 102 cm³/mol. The Labute approximate surface area is 161 Å². The summed E-state index contributed by atoms with van der Waals surface area (Å²) < 4.78 is 4.88. The molecule has 0 unspecified atom stereocenters. The molecule has 0 aliphatic carbocycles. The number of H-pyrrole nitrogens is 1. The SMILES string of the molecule is NCCCCNC(=O)[C@H](Cc1c[nH]c2ccccc12)NC(=O)[C@H]1O[C@@H]1C(=O)O. The van der Waals surface area contributed by atoms with Crippen molar-refractivity contribution in [1.82, 2.24) is 15.6 Å². The molecule has 28 heavy (non-hydrogen) atoms. The maximum Gasteiger partial charge on any atom is 0.336 e. The first-order valence-electron chi connectivity index (χ1n) is 9.22. The van der Waals surface area contributed by atoms with E-state index in [9.17, 15) is 14.4 Å². The van der Waals surface area contributed by atoms with Crippen LogP contribution >= 0.6 is 0 Å². The highest BCUT2D eigenvalue weighted by Crippen LogP contribution is 2.23. The summed E-state index contributed by atoms with van der Waals surface area (Å²) >= 11 is 0. The van der Waals surface area contributed by atoms with Crippen LogP contribution in [0.2, 0.25) is 0 Å². The second kappa shape index (κ2) is 8.85. The zero-order valence-corrected chi connectivity index (χ0v) is 15.3. The number of fused-ring (bicyclic) bond motifs is 1. The number of rotatable bonds is 10. The molecule has 1 aliphatic heterocycles. The Morgan fingerprint density at radius 3 is 2.71 bits per heavy atom. The lowest BCUT2D eigenvalue weighted by atomic mass is 10.0. The first-order valence-corrected chi connectivity index (χ1v) is 9.22. The van der Waals surface area contributed by atoms with Crippen LogP contribution in [0.1, 0.15) is 18.4 Å². The molecular weight excluding hydrogens is 364 g/mol. The molecule has 1 fully saturated rings. The summed E-state index contributed by atoms with van der Waals surface area (Å²) in [5, 5.41) is 15.3. The van der Waals surface area contributed by atoms with Crippen LogP contribution in [-0.4, -0.2) is 59.2 Å². The number of epoxide rings is 1. The molecule has 1 aromatic carbocycles. The predicted octanol–water partition coefficient (Wildman–Crippen LogP) is -0.0977. The fraction of sp³-hybridized carbons (Fsp3) is 0.421. The Morgan fingerprint density at radius 2 is 2.00 bits per heavy atom. The number of carboxylic acids is 1. The van der Waals surface area contributed by atoms with Gasteiger partial charge in [-0.2, -0.15) is 0 Å². The zero-order chi connectivity index (χ0) is 20.1. The molecule has 0 saturated carbocycles. The number of nitrogens with one attached hydrogen (secondary N) is 3. The minimum Gasteiger partial charge on any atom is -0.479 e. The van der Waals surface area contributed by atoms with E-state index in [1.165, 1.54) is 0 Å². The van der Waals surface area contributed by atoms with Gasteiger partial charge in [-0.1, -0.05) is 18.2 Å². The number of aromatic nitrogens is 1. The van der Waals surface area contributed by atoms with Gasteiger partial charge in [-0.25, -0.2) is 4.79 Å². The van der Waals surface area contributed by atoms with Crippen LogP contribution in [0.5, 0.6) is 0 Å². The number of benzene rings is 1. The van der Waals surface area contributed by atoms with Crippen LogP contribution in [0.3, 0.4) is 0 Å². The van der Waals surface area contributed by atoms with Gasteiger partial charge in [0.1, 0.15) is 6.04 Å². The standard InChI is InChI=1S/C19H24N4O5/c20-7-3-4-8-21-17(24)14(23-18(25)15-16(28-15)19(26)27)9-11-10-22-13-6-2-1-5-12(11)13/h1-2,5-6,10,14-16,22H,3-4,7-9,20H2,(H,21,24)(H,23,25)(H,26,27)/t14-,15-,16-/m0/s1. The van der Waals surface area contributed by atoms with Gasteiger partial charge in [0.2, 0.25) is 5.91 Å². The van der Waals surface area contributed by atoms with Gasteiger partial charge in [-0.3, -0.25) is 9.59 Å². The molecule has 1 aromatic heterocycles. The molecule has 0 radical (unpaired) electrons. The van der Waals surface area contributed by atoms with Gasteiger partial charge in [0.25, 0.3) is 5.91 Å². The number of nitrogens with two attached hydrogens (primary N) is 1. The number of para-hydroxylation sites is 1. The second-order valence-corrected chi connectivity index (χ2v) is 6.73. The first-order chi connectivity index (χ1) is 13.5. The highest BCUT2D eigenvalue weighted by Gasteiger charge is 2.51. The second-order valence-electron chi connectivity index (χ2n) is 6.73. The molecule has 9 heteroatoms. The average molecular weight is 388 g/mol. The molecule has 3 atom stereocenters. The van der Waals surface area contributed by atoms with Gasteiger partial charge in [-0.05, 0) is 31.0 Å². The maximum absolute atomic E-state index is 12.6. The van der Waals surface area contributed by atoms with Gasteiger partial charge >= 0.3 is 5.97 Å². The van der Waals surface area contributed by atoms with Crippen LogP contribution in [0, 0.1) is 0 Å². The van der Waals surface area contributed by atoms with Crippen LogP contribution in [-0.2, 0) is 25.5 Å². The number of amides is 2. The Hall–Kier alpha value is -2.91. The van der Waals surface area contributed by atoms with E-state index in [-0.39, 0.29) is 12.3 Å². The summed E-state index contributed by atoms with van der Waals surface area (Å²) in [4.78, 5) is 39.0. The van der Waals surface area contributed by atoms with E-state index in [1.54, 1.807) is 6.20 Å². The maximum atomic E-state index is 12.6. The number of hydrogen-bond acceptors (Lipinski definition) is 5. The molecule has 0 spiro atoms. The van der Waals surface area contributed by atoms with E-state index in [1.807, 2.05) is 24.3 Å². The van der Waals surface area contributed by atoms with Crippen molar-refractivity contribution in [1.29, 1.82) is 0 Å². The lowest BCUT2D eigenvalue weighted by molar-refractivity contribution is -0.138. The third kappa shape index (κ3) is 4.68. The van der Waals surface area contributed by atoms with Gasteiger partial charge in [0, 0.05) is 30.1 Å². The van der Waals surface area contributed by atoms with E-state index >= 15 is 0 Å². The first kappa shape index (κ1) is 19.8. The molecule has 2 amide bonds. The van der Waals surface area contributed by atoms with Crippen molar-refractivity contribution in [3.63, 3.8) is 0 Å². The Morgan fingerprint density at radius 1 is 1.21 bits per heavy atom. The minimum absolute atomic E-state index is 0.267. The molecule has 2 aromatic rings. The lowest BCUT2D eigenvalue weighted by Crippen LogP contribution is -2.49. The van der Waals surface area contributed by atoms with E-state index < -0.39 is 30.1 Å². The molecule has 150 valence electrons. The van der Waals surface area contributed by atoms with Gasteiger partial charge < -0.3 is 31.2 Å². The van der Waals surface area contributed by atoms with Crippen molar-refractivity contribution >= 4 is 28.7 Å². The summed E-state index contributed by atoms with van der Waals surface area (Å²) in [6.07, 6.45) is 1.38. The van der Waals surface area contributed by atoms with Crippen LogP contribution in [0.4, 0.5) is 0 Å². The number of aromatic amines is 1. The number of aliphatic carboxylic acids is 1. The molecule has 2 heterocycles. The lowest BCUT2D eigenvalue weighted by Gasteiger charge is -2.18. The molecule has 1 aliphatic rings. The number of carbonyl (C=O) groups is 3. The summed E-state index contributed by atoms with van der Waals surface area (Å²) in [7, 11) is 0. The highest BCUT2D eigenvalue weighted by molar-refractivity contribution is 5.95. The largest absolute Gasteiger partial charge is 0.479 e. The van der Waals surface area contributed by atoms with Gasteiger partial charge in [0.05, 0.1) is 0 Å². The summed E-state index contributed by atoms with van der Waals surface area (Å²) in [6, 6.07) is 6.82. The van der Waals surface area contributed by atoms with Crippen molar-refractivity contribution in [2.24, 2.45) is 5.73 Å². The topological polar surface area (TPSA) is 150 Å². The van der Waals surface area contributed by atoms with Gasteiger partial charge in [0.15, 0.2) is 12.2 Å². The van der Waals surface area contributed by atoms with Crippen molar-refractivity contribution < 1.29 is 24.2 Å². The van der Waals surface area contributed by atoms with Crippen LogP contribution in [0.15, 0.2) is 30.5 Å². The molecule has 0 bridgehead atoms. The molecule has 6 N–H and O–H groups in total. The van der Waals surface area contributed by atoms with E-state index in [0.717, 1.165) is 29.3 Å². The number of unbranched alkanes of at least 4 members (excludes halogenated alkanes) is 1. The Kier molecular flexibility index (Phi) is 6.27. The van der Waals surface area contributed by atoms with Crippen LogP contribution < -0.4 is 16.4 Å². The van der Waals surface area contributed by atoms with Crippen molar-refractivity contribution in [3.8, 4) is 0 Å². The summed E-state index contributed by atoms with van der Waals surface area (Å²) in [6.45, 7) is 0.995. The monoisotopic (exact) mass is 388 g/mol. The Bertz CT molecular complexity index is 865. The van der Waals surface area contributed by atoms with Gasteiger partial charge in [-0.15, -0.1) is 0 Å². The normalized spacial score (nSPS) is 19.2. The third-order valence-electron chi connectivity index (χ3n) is 4.66. The average Bonchev–Trinajstić information content (AvgIpc) is 3.40. The third-order valence-corrected chi connectivity index (χ3v) is 4.66. The number of ether oxygens (including phenoxy) is 1.